The Morgan fingerprint density at radius 3 is 2.50 bits per heavy atom. The van der Waals surface area contributed by atoms with Gasteiger partial charge in [-0.15, -0.1) is 0 Å². The Morgan fingerprint density at radius 2 is 1.89 bits per heavy atom. The lowest BCUT2D eigenvalue weighted by molar-refractivity contribution is -0.380. The van der Waals surface area contributed by atoms with Crippen molar-refractivity contribution in [2.45, 2.75) is 46.6 Å². The molecule has 1 aromatic heterocycles. The van der Waals surface area contributed by atoms with Crippen molar-refractivity contribution in [1.29, 1.82) is 0 Å². The van der Waals surface area contributed by atoms with Crippen molar-refractivity contribution in [2.24, 2.45) is 5.92 Å². The summed E-state index contributed by atoms with van der Waals surface area (Å²) in [6.07, 6.45) is 5.53. The van der Waals surface area contributed by atoms with E-state index >= 15 is 0 Å². The van der Waals surface area contributed by atoms with Crippen LogP contribution >= 0.6 is 11.3 Å². The van der Waals surface area contributed by atoms with Crippen molar-refractivity contribution < 1.29 is 9.72 Å². The van der Waals surface area contributed by atoms with Gasteiger partial charge < -0.3 is 4.90 Å². The largest absolute Gasteiger partial charge is 0.335 e. The highest BCUT2D eigenvalue weighted by Gasteiger charge is 2.34. The van der Waals surface area contributed by atoms with Gasteiger partial charge in [0.15, 0.2) is 0 Å². The van der Waals surface area contributed by atoms with Crippen LogP contribution in [-0.4, -0.2) is 22.3 Å². The molecule has 5 nitrogen and oxygen atoms in total. The minimum atomic E-state index is -0.321. The van der Waals surface area contributed by atoms with Gasteiger partial charge in [0.1, 0.15) is 0 Å². The standard InChI is InChI=1S/C22H26N2O3S/c1-14(2)21(25)23-9-5-6-19(23)20-13-18(22(28-20)24(26)27)8-7-17-11-15(3)10-16(4)12-17/h7-8,10-14,19H,5-6,9H2,1-4H3/b8-7+. The highest BCUT2D eigenvalue weighted by atomic mass is 32.1. The fourth-order valence-electron chi connectivity index (χ4n) is 3.79. The van der Waals surface area contributed by atoms with Gasteiger partial charge in [-0.3, -0.25) is 14.9 Å². The number of hydrogen-bond acceptors (Lipinski definition) is 4. The summed E-state index contributed by atoms with van der Waals surface area (Å²) in [5.41, 5.74) is 3.95. The molecule has 0 aliphatic carbocycles. The summed E-state index contributed by atoms with van der Waals surface area (Å²) >= 11 is 1.19. The molecule has 0 radical (unpaired) electrons. The van der Waals surface area contributed by atoms with Crippen LogP contribution in [0.25, 0.3) is 12.2 Å². The second-order valence-corrected chi connectivity index (χ2v) is 8.83. The third kappa shape index (κ3) is 4.33. The quantitative estimate of drug-likeness (QED) is 0.475. The Kier molecular flexibility index (Phi) is 5.98. The van der Waals surface area contributed by atoms with Gasteiger partial charge in [0, 0.05) is 17.3 Å². The average molecular weight is 399 g/mol. The van der Waals surface area contributed by atoms with Crippen molar-refractivity contribution in [3.05, 3.63) is 61.5 Å². The summed E-state index contributed by atoms with van der Waals surface area (Å²) in [5.74, 6) is 0.0466. The van der Waals surface area contributed by atoms with E-state index < -0.39 is 0 Å². The number of benzene rings is 1. The van der Waals surface area contributed by atoms with Gasteiger partial charge in [-0.1, -0.05) is 60.6 Å². The molecule has 1 aliphatic heterocycles. The Balaban J connectivity index is 1.93. The van der Waals surface area contributed by atoms with Gasteiger partial charge in [-0.2, -0.15) is 0 Å². The first-order chi connectivity index (χ1) is 13.3. The van der Waals surface area contributed by atoms with Gasteiger partial charge in [0.25, 0.3) is 0 Å². The molecule has 1 atom stereocenters. The van der Waals surface area contributed by atoms with Gasteiger partial charge in [-0.25, -0.2) is 0 Å². The molecule has 148 valence electrons. The molecule has 3 rings (SSSR count). The van der Waals surface area contributed by atoms with Crippen LogP contribution in [0.3, 0.4) is 0 Å². The van der Waals surface area contributed by atoms with Crippen molar-refractivity contribution in [3.63, 3.8) is 0 Å². The topological polar surface area (TPSA) is 63.5 Å². The summed E-state index contributed by atoms with van der Waals surface area (Å²) in [7, 11) is 0. The number of aryl methyl sites for hydroxylation is 2. The monoisotopic (exact) mass is 398 g/mol. The lowest BCUT2D eigenvalue weighted by atomic mass is 10.1. The van der Waals surface area contributed by atoms with Gasteiger partial charge in [-0.05, 0) is 44.4 Å². The van der Waals surface area contributed by atoms with Crippen molar-refractivity contribution >= 4 is 34.4 Å². The number of nitro groups is 1. The van der Waals surface area contributed by atoms with E-state index in [0.29, 0.717) is 5.56 Å². The van der Waals surface area contributed by atoms with E-state index in [1.807, 2.05) is 50.8 Å². The van der Waals surface area contributed by atoms with Crippen LogP contribution in [-0.2, 0) is 4.79 Å². The molecule has 28 heavy (non-hydrogen) atoms. The minimum absolute atomic E-state index is 0.0537. The van der Waals surface area contributed by atoms with Crippen molar-refractivity contribution in [3.8, 4) is 0 Å². The summed E-state index contributed by atoms with van der Waals surface area (Å²) in [6, 6.07) is 8.05. The average Bonchev–Trinajstić information content (AvgIpc) is 3.25. The van der Waals surface area contributed by atoms with E-state index in [1.165, 1.54) is 11.3 Å². The van der Waals surface area contributed by atoms with Gasteiger partial charge in [0.05, 0.1) is 16.5 Å². The number of carbonyl (C=O) groups excluding carboxylic acids is 1. The molecule has 1 aliphatic rings. The fraction of sp³-hybridized carbons (Fsp3) is 0.409. The second-order valence-electron chi connectivity index (χ2n) is 7.77. The van der Waals surface area contributed by atoms with Crippen LogP contribution in [0.2, 0.25) is 0 Å². The normalized spacial score (nSPS) is 17.0. The molecule has 0 bridgehead atoms. The fourth-order valence-corrected chi connectivity index (χ4v) is 4.90. The lowest BCUT2D eigenvalue weighted by Gasteiger charge is -2.25. The van der Waals surface area contributed by atoms with Crippen LogP contribution in [0, 0.1) is 29.9 Å². The maximum absolute atomic E-state index is 12.5. The first kappa shape index (κ1) is 20.3. The van der Waals surface area contributed by atoms with Crippen LogP contribution in [0.4, 0.5) is 5.00 Å². The number of hydrogen-bond donors (Lipinski definition) is 0. The zero-order chi connectivity index (χ0) is 20.4. The first-order valence-corrected chi connectivity index (χ1v) is 10.4. The van der Waals surface area contributed by atoms with Crippen LogP contribution in [0.15, 0.2) is 24.3 Å². The second kappa shape index (κ2) is 8.27. The molecule has 1 unspecified atom stereocenters. The number of nitrogens with zero attached hydrogens (tertiary/aromatic N) is 2. The molecule has 6 heteroatoms. The summed E-state index contributed by atoms with van der Waals surface area (Å²) in [5, 5.41) is 11.7. The van der Waals surface area contributed by atoms with Gasteiger partial charge in [0.2, 0.25) is 5.91 Å². The molecule has 0 saturated carbocycles. The summed E-state index contributed by atoms with van der Waals surface area (Å²) < 4.78 is 0. The maximum Gasteiger partial charge on any atom is 0.331 e. The Hall–Kier alpha value is -2.47. The molecule has 1 fully saturated rings. The third-order valence-corrected chi connectivity index (χ3v) is 6.19. The van der Waals surface area contributed by atoms with Gasteiger partial charge >= 0.3 is 5.00 Å². The summed E-state index contributed by atoms with van der Waals surface area (Å²) in [6.45, 7) is 8.59. The number of carbonyl (C=O) groups is 1. The van der Waals surface area contributed by atoms with E-state index in [9.17, 15) is 14.9 Å². The molecule has 1 amide bonds. The molecule has 0 spiro atoms. The van der Waals surface area contributed by atoms with Crippen molar-refractivity contribution in [1.82, 2.24) is 4.90 Å². The minimum Gasteiger partial charge on any atom is -0.335 e. The molecular formula is C22H26N2O3S. The molecule has 1 aromatic carbocycles. The highest BCUT2D eigenvalue weighted by Crippen LogP contribution is 2.41. The number of rotatable bonds is 5. The van der Waals surface area contributed by atoms with Crippen LogP contribution in [0.5, 0.6) is 0 Å². The highest BCUT2D eigenvalue weighted by molar-refractivity contribution is 7.15. The number of likely N-dealkylation sites (tertiary alicyclic amines) is 1. The molecule has 0 N–H and O–H groups in total. The predicted molar refractivity (Wildman–Crippen MR) is 114 cm³/mol. The number of thiophene rings is 1. The number of amides is 1. The molecule has 2 aromatic rings. The molecule has 2 heterocycles. The van der Waals surface area contributed by atoms with E-state index in [-0.39, 0.29) is 27.8 Å². The maximum atomic E-state index is 12.5. The zero-order valence-electron chi connectivity index (χ0n) is 16.8. The zero-order valence-corrected chi connectivity index (χ0v) is 17.6. The van der Waals surface area contributed by atoms with E-state index in [1.54, 1.807) is 0 Å². The third-order valence-electron chi connectivity index (χ3n) is 4.98. The predicted octanol–water partition coefficient (Wildman–Crippen LogP) is 5.76. The smallest absolute Gasteiger partial charge is 0.331 e. The molecule has 1 saturated heterocycles. The van der Waals surface area contributed by atoms with E-state index in [0.717, 1.165) is 41.0 Å². The van der Waals surface area contributed by atoms with Crippen molar-refractivity contribution in [2.75, 3.05) is 6.54 Å². The van der Waals surface area contributed by atoms with Crippen LogP contribution in [0.1, 0.15) is 59.9 Å². The SMILES string of the molecule is Cc1cc(C)cc(/C=C/c2cc(C3CCCN3C(=O)C(C)C)sc2[N+](=O)[O-])c1. The first-order valence-electron chi connectivity index (χ1n) is 9.61. The Labute approximate surface area is 169 Å². The Bertz CT molecular complexity index is 910. The summed E-state index contributed by atoms with van der Waals surface area (Å²) in [4.78, 5) is 26.6. The Morgan fingerprint density at radius 1 is 1.21 bits per heavy atom. The lowest BCUT2D eigenvalue weighted by Crippen LogP contribution is -2.33. The molecular weight excluding hydrogens is 372 g/mol. The van der Waals surface area contributed by atoms with Crippen LogP contribution < -0.4 is 0 Å². The van der Waals surface area contributed by atoms with E-state index in [4.69, 9.17) is 0 Å². The van der Waals surface area contributed by atoms with E-state index in [2.05, 4.69) is 18.2 Å².